The molecule has 1 aromatic rings. The first-order valence-corrected chi connectivity index (χ1v) is 5.14. The van der Waals surface area contributed by atoms with Crippen molar-refractivity contribution < 1.29 is 4.74 Å². The molecular formula is C10H15ClN2O. The highest BCUT2D eigenvalue weighted by Gasteiger charge is 2.03. The number of hydrogen-bond acceptors (Lipinski definition) is 3. The summed E-state index contributed by atoms with van der Waals surface area (Å²) in [5, 5.41) is 3.85. The molecule has 0 spiro atoms. The molecule has 0 amide bonds. The standard InChI is InChI=1S/C10H15ClN2O/c1-3-12-7-9-8(11)5-6-10(13-9)14-4-2/h5-6,12H,3-4,7H2,1-2H3. The number of nitrogens with one attached hydrogen (secondary N) is 1. The Balaban J connectivity index is 2.74. The fourth-order valence-electron chi connectivity index (χ4n) is 1.06. The van der Waals surface area contributed by atoms with Gasteiger partial charge in [0.05, 0.1) is 17.3 Å². The van der Waals surface area contributed by atoms with E-state index in [1.54, 1.807) is 6.07 Å². The summed E-state index contributed by atoms with van der Waals surface area (Å²) in [5.41, 5.74) is 0.833. The van der Waals surface area contributed by atoms with Crippen molar-refractivity contribution in [1.29, 1.82) is 0 Å². The molecule has 0 saturated heterocycles. The van der Waals surface area contributed by atoms with E-state index in [2.05, 4.69) is 10.3 Å². The van der Waals surface area contributed by atoms with Crippen LogP contribution in [-0.4, -0.2) is 18.1 Å². The summed E-state index contributed by atoms with van der Waals surface area (Å²) >= 11 is 5.97. The Labute approximate surface area is 89.4 Å². The van der Waals surface area contributed by atoms with Gasteiger partial charge in [-0.05, 0) is 19.5 Å². The minimum absolute atomic E-state index is 0.620. The van der Waals surface area contributed by atoms with Crippen LogP contribution in [0.15, 0.2) is 12.1 Å². The molecule has 0 saturated carbocycles. The van der Waals surface area contributed by atoms with E-state index in [4.69, 9.17) is 16.3 Å². The predicted octanol–water partition coefficient (Wildman–Crippen LogP) is 2.24. The van der Waals surface area contributed by atoms with Gasteiger partial charge >= 0.3 is 0 Å². The second-order valence-electron chi connectivity index (χ2n) is 2.79. The molecule has 0 fully saturated rings. The molecule has 0 aromatic carbocycles. The normalized spacial score (nSPS) is 10.2. The molecule has 4 heteroatoms. The summed E-state index contributed by atoms with van der Waals surface area (Å²) in [5.74, 6) is 0.629. The van der Waals surface area contributed by atoms with Crippen molar-refractivity contribution >= 4 is 11.6 Å². The van der Waals surface area contributed by atoms with Gasteiger partial charge in [0.2, 0.25) is 5.88 Å². The minimum atomic E-state index is 0.620. The van der Waals surface area contributed by atoms with Crippen LogP contribution in [0.25, 0.3) is 0 Å². The number of ether oxygens (including phenoxy) is 1. The maximum Gasteiger partial charge on any atom is 0.213 e. The van der Waals surface area contributed by atoms with E-state index in [0.717, 1.165) is 12.2 Å². The van der Waals surface area contributed by atoms with Gasteiger partial charge in [0.25, 0.3) is 0 Å². The quantitative estimate of drug-likeness (QED) is 0.817. The third-order valence-corrected chi connectivity index (χ3v) is 2.07. The second kappa shape index (κ2) is 5.83. The average molecular weight is 215 g/mol. The zero-order chi connectivity index (χ0) is 10.4. The highest BCUT2D eigenvalue weighted by atomic mass is 35.5. The zero-order valence-electron chi connectivity index (χ0n) is 8.51. The van der Waals surface area contributed by atoms with Gasteiger partial charge in [0.1, 0.15) is 0 Å². The Hall–Kier alpha value is -0.800. The summed E-state index contributed by atoms with van der Waals surface area (Å²) in [7, 11) is 0. The van der Waals surface area contributed by atoms with Crippen LogP contribution in [0.3, 0.4) is 0 Å². The lowest BCUT2D eigenvalue weighted by Gasteiger charge is -2.07. The molecule has 1 rings (SSSR count). The lowest BCUT2D eigenvalue weighted by atomic mass is 10.3. The lowest BCUT2D eigenvalue weighted by Crippen LogP contribution is -2.13. The Kier molecular flexibility index (Phi) is 4.70. The van der Waals surface area contributed by atoms with Crippen molar-refractivity contribution in [2.75, 3.05) is 13.2 Å². The molecule has 1 aromatic heterocycles. The predicted molar refractivity (Wildman–Crippen MR) is 57.8 cm³/mol. The van der Waals surface area contributed by atoms with E-state index in [1.807, 2.05) is 19.9 Å². The molecule has 1 heterocycles. The van der Waals surface area contributed by atoms with Crippen molar-refractivity contribution in [3.63, 3.8) is 0 Å². The van der Waals surface area contributed by atoms with Crippen molar-refractivity contribution in [2.45, 2.75) is 20.4 Å². The number of pyridine rings is 1. The Morgan fingerprint density at radius 2 is 2.21 bits per heavy atom. The Morgan fingerprint density at radius 1 is 1.43 bits per heavy atom. The first kappa shape index (κ1) is 11.3. The van der Waals surface area contributed by atoms with Gasteiger partial charge in [-0.25, -0.2) is 4.98 Å². The first-order chi connectivity index (χ1) is 6.77. The van der Waals surface area contributed by atoms with Crippen LogP contribution >= 0.6 is 11.6 Å². The van der Waals surface area contributed by atoms with Gasteiger partial charge in [-0.15, -0.1) is 0 Å². The summed E-state index contributed by atoms with van der Waals surface area (Å²) < 4.78 is 5.28. The number of nitrogens with zero attached hydrogens (tertiary/aromatic N) is 1. The van der Waals surface area contributed by atoms with Crippen molar-refractivity contribution in [3.8, 4) is 5.88 Å². The van der Waals surface area contributed by atoms with Crippen molar-refractivity contribution in [2.24, 2.45) is 0 Å². The smallest absolute Gasteiger partial charge is 0.213 e. The van der Waals surface area contributed by atoms with E-state index >= 15 is 0 Å². The SMILES string of the molecule is CCNCc1nc(OCC)ccc1Cl. The number of hydrogen-bond donors (Lipinski definition) is 1. The topological polar surface area (TPSA) is 34.2 Å². The molecule has 78 valence electrons. The van der Waals surface area contributed by atoms with E-state index in [-0.39, 0.29) is 0 Å². The highest BCUT2D eigenvalue weighted by Crippen LogP contribution is 2.17. The third kappa shape index (κ3) is 3.16. The van der Waals surface area contributed by atoms with E-state index in [0.29, 0.717) is 24.1 Å². The van der Waals surface area contributed by atoms with Gasteiger partial charge in [0, 0.05) is 12.6 Å². The maximum absolute atomic E-state index is 5.97. The molecule has 0 unspecified atom stereocenters. The molecular weight excluding hydrogens is 200 g/mol. The summed E-state index contributed by atoms with van der Waals surface area (Å²) in [4.78, 5) is 4.28. The van der Waals surface area contributed by atoms with Crippen LogP contribution in [0.4, 0.5) is 0 Å². The molecule has 0 bridgehead atoms. The molecule has 0 aliphatic carbocycles. The van der Waals surface area contributed by atoms with Gasteiger partial charge in [0.15, 0.2) is 0 Å². The van der Waals surface area contributed by atoms with Crippen molar-refractivity contribution in [1.82, 2.24) is 10.3 Å². The monoisotopic (exact) mass is 214 g/mol. The summed E-state index contributed by atoms with van der Waals surface area (Å²) in [6, 6.07) is 3.59. The number of rotatable bonds is 5. The maximum atomic E-state index is 5.97. The van der Waals surface area contributed by atoms with Crippen LogP contribution < -0.4 is 10.1 Å². The van der Waals surface area contributed by atoms with E-state index < -0.39 is 0 Å². The Bertz CT molecular complexity index is 291. The van der Waals surface area contributed by atoms with Crippen LogP contribution in [0, 0.1) is 0 Å². The molecule has 0 radical (unpaired) electrons. The van der Waals surface area contributed by atoms with Crippen LogP contribution in [0.1, 0.15) is 19.5 Å². The molecule has 3 nitrogen and oxygen atoms in total. The van der Waals surface area contributed by atoms with Gasteiger partial charge in [-0.2, -0.15) is 0 Å². The van der Waals surface area contributed by atoms with Crippen LogP contribution in [-0.2, 0) is 6.54 Å². The van der Waals surface area contributed by atoms with Gasteiger partial charge in [-0.3, -0.25) is 0 Å². The number of halogens is 1. The second-order valence-corrected chi connectivity index (χ2v) is 3.20. The third-order valence-electron chi connectivity index (χ3n) is 1.73. The average Bonchev–Trinajstić information content (AvgIpc) is 2.19. The molecule has 0 aliphatic rings. The molecule has 1 N–H and O–H groups in total. The first-order valence-electron chi connectivity index (χ1n) is 4.76. The zero-order valence-corrected chi connectivity index (χ0v) is 9.27. The lowest BCUT2D eigenvalue weighted by molar-refractivity contribution is 0.325. The highest BCUT2D eigenvalue weighted by molar-refractivity contribution is 6.31. The van der Waals surface area contributed by atoms with E-state index in [9.17, 15) is 0 Å². The van der Waals surface area contributed by atoms with Gasteiger partial charge in [-0.1, -0.05) is 18.5 Å². The fraction of sp³-hybridized carbons (Fsp3) is 0.500. The molecule has 14 heavy (non-hydrogen) atoms. The number of aromatic nitrogens is 1. The van der Waals surface area contributed by atoms with Crippen molar-refractivity contribution in [3.05, 3.63) is 22.8 Å². The van der Waals surface area contributed by atoms with Gasteiger partial charge < -0.3 is 10.1 Å². The largest absolute Gasteiger partial charge is 0.478 e. The summed E-state index contributed by atoms with van der Waals surface area (Å²) in [6.45, 7) is 6.17. The fourth-order valence-corrected chi connectivity index (χ4v) is 1.23. The minimum Gasteiger partial charge on any atom is -0.478 e. The van der Waals surface area contributed by atoms with E-state index in [1.165, 1.54) is 0 Å². The summed E-state index contributed by atoms with van der Waals surface area (Å²) in [6.07, 6.45) is 0. The van der Waals surface area contributed by atoms with Crippen LogP contribution in [0.5, 0.6) is 5.88 Å². The Morgan fingerprint density at radius 3 is 2.86 bits per heavy atom. The molecule has 0 aliphatic heterocycles. The van der Waals surface area contributed by atoms with Crippen LogP contribution in [0.2, 0.25) is 5.02 Å². The molecule has 0 atom stereocenters.